The Balaban J connectivity index is 1.53. The number of benzene rings is 2. The van der Waals surface area contributed by atoms with Crippen LogP contribution in [0.2, 0.25) is 5.02 Å². The molecule has 102 valence electrons. The Morgan fingerprint density at radius 2 is 1.80 bits per heavy atom. The van der Waals surface area contributed by atoms with Gasteiger partial charge in [0.15, 0.2) is 0 Å². The highest BCUT2D eigenvalue weighted by Gasteiger charge is 2.43. The average molecular weight is 286 g/mol. The minimum atomic E-state index is 0.129. The van der Waals surface area contributed by atoms with Crippen molar-refractivity contribution in [3.63, 3.8) is 0 Å². The van der Waals surface area contributed by atoms with E-state index in [2.05, 4.69) is 17.4 Å². The molecule has 0 saturated heterocycles. The molecule has 2 atom stereocenters. The van der Waals surface area contributed by atoms with Crippen molar-refractivity contribution < 1.29 is 4.79 Å². The summed E-state index contributed by atoms with van der Waals surface area (Å²) in [6, 6.07) is 17.8. The summed E-state index contributed by atoms with van der Waals surface area (Å²) in [5.41, 5.74) is 2.33. The van der Waals surface area contributed by atoms with Gasteiger partial charge in [-0.25, -0.2) is 0 Å². The van der Waals surface area contributed by atoms with Crippen LogP contribution < -0.4 is 5.32 Å². The Morgan fingerprint density at radius 3 is 2.50 bits per heavy atom. The van der Waals surface area contributed by atoms with Gasteiger partial charge in [-0.2, -0.15) is 0 Å². The van der Waals surface area contributed by atoms with Crippen LogP contribution in [0.4, 0.5) is 0 Å². The first-order valence-electron chi connectivity index (χ1n) is 6.81. The largest absolute Gasteiger partial charge is 0.352 e. The van der Waals surface area contributed by atoms with Crippen LogP contribution in [0, 0.1) is 5.92 Å². The number of amides is 1. The molecular formula is C17H16ClNO. The van der Waals surface area contributed by atoms with Gasteiger partial charge in [-0.3, -0.25) is 4.79 Å². The normalized spacial score (nSPS) is 20.4. The lowest BCUT2D eigenvalue weighted by molar-refractivity contribution is -0.122. The summed E-state index contributed by atoms with van der Waals surface area (Å²) in [4.78, 5) is 12.1. The molecule has 0 bridgehead atoms. The van der Waals surface area contributed by atoms with Gasteiger partial charge in [-0.15, -0.1) is 0 Å². The number of rotatable bonds is 4. The van der Waals surface area contributed by atoms with Crippen molar-refractivity contribution in [2.24, 2.45) is 5.92 Å². The van der Waals surface area contributed by atoms with Crippen LogP contribution in [0.5, 0.6) is 0 Å². The zero-order valence-electron chi connectivity index (χ0n) is 11.1. The highest BCUT2D eigenvalue weighted by molar-refractivity contribution is 6.30. The molecule has 0 aromatic heterocycles. The number of hydrogen-bond donors (Lipinski definition) is 1. The van der Waals surface area contributed by atoms with Crippen LogP contribution in [0.3, 0.4) is 0 Å². The van der Waals surface area contributed by atoms with Gasteiger partial charge in [0.05, 0.1) is 0 Å². The predicted molar refractivity (Wildman–Crippen MR) is 80.6 cm³/mol. The van der Waals surface area contributed by atoms with Crippen LogP contribution in [0.15, 0.2) is 54.6 Å². The fourth-order valence-electron chi connectivity index (χ4n) is 2.48. The first kappa shape index (κ1) is 13.2. The highest BCUT2D eigenvalue weighted by Crippen LogP contribution is 2.47. The summed E-state index contributed by atoms with van der Waals surface area (Å²) < 4.78 is 0. The maximum absolute atomic E-state index is 12.1. The molecule has 1 fully saturated rings. The van der Waals surface area contributed by atoms with E-state index in [-0.39, 0.29) is 11.8 Å². The Hall–Kier alpha value is -1.80. The molecular weight excluding hydrogens is 270 g/mol. The van der Waals surface area contributed by atoms with E-state index < -0.39 is 0 Å². The monoisotopic (exact) mass is 285 g/mol. The number of halogens is 1. The fourth-order valence-corrected chi connectivity index (χ4v) is 2.60. The van der Waals surface area contributed by atoms with E-state index in [1.807, 2.05) is 42.5 Å². The lowest BCUT2D eigenvalue weighted by Crippen LogP contribution is -2.24. The highest BCUT2D eigenvalue weighted by atomic mass is 35.5. The van der Waals surface area contributed by atoms with Gasteiger partial charge >= 0.3 is 0 Å². The number of carbonyl (C=O) groups is 1. The van der Waals surface area contributed by atoms with Gasteiger partial charge in [0.25, 0.3) is 0 Å². The number of hydrogen-bond acceptors (Lipinski definition) is 1. The van der Waals surface area contributed by atoms with Crippen LogP contribution in [-0.4, -0.2) is 5.91 Å². The van der Waals surface area contributed by atoms with Crippen LogP contribution >= 0.6 is 11.6 Å². The van der Waals surface area contributed by atoms with Gasteiger partial charge < -0.3 is 5.32 Å². The van der Waals surface area contributed by atoms with Crippen LogP contribution in [-0.2, 0) is 11.3 Å². The second-order valence-electron chi connectivity index (χ2n) is 5.20. The molecule has 3 heteroatoms. The first-order chi connectivity index (χ1) is 9.74. The first-order valence-corrected chi connectivity index (χ1v) is 7.19. The lowest BCUT2D eigenvalue weighted by atomic mass is 10.1. The van der Waals surface area contributed by atoms with E-state index in [0.29, 0.717) is 17.5 Å². The second kappa shape index (κ2) is 5.68. The number of carbonyl (C=O) groups excluding carboxylic acids is 1. The molecule has 1 N–H and O–H groups in total. The summed E-state index contributed by atoms with van der Waals surface area (Å²) in [6.45, 7) is 0.564. The minimum Gasteiger partial charge on any atom is -0.352 e. The molecule has 2 aromatic carbocycles. The van der Waals surface area contributed by atoms with E-state index in [9.17, 15) is 4.79 Å². The Kier molecular flexibility index (Phi) is 3.75. The van der Waals surface area contributed by atoms with Crippen molar-refractivity contribution >= 4 is 17.5 Å². The molecule has 1 amide bonds. The second-order valence-corrected chi connectivity index (χ2v) is 5.64. The third-order valence-electron chi connectivity index (χ3n) is 3.73. The standard InChI is InChI=1S/C17H16ClNO/c18-14-8-6-12(7-9-14)11-19-17(20)16-10-15(16)13-4-2-1-3-5-13/h1-9,15-16H,10-11H2,(H,19,20). The quantitative estimate of drug-likeness (QED) is 0.910. The predicted octanol–water partition coefficient (Wildman–Crippen LogP) is 3.76. The molecule has 1 saturated carbocycles. The van der Waals surface area contributed by atoms with E-state index in [1.54, 1.807) is 0 Å². The van der Waals surface area contributed by atoms with Gasteiger partial charge in [0.1, 0.15) is 0 Å². The smallest absolute Gasteiger partial charge is 0.224 e. The minimum absolute atomic E-state index is 0.129. The Morgan fingerprint density at radius 1 is 1.10 bits per heavy atom. The molecule has 20 heavy (non-hydrogen) atoms. The molecule has 1 aliphatic rings. The topological polar surface area (TPSA) is 29.1 Å². The van der Waals surface area contributed by atoms with Crippen molar-refractivity contribution in [1.29, 1.82) is 0 Å². The fraction of sp³-hybridized carbons (Fsp3) is 0.235. The Labute approximate surface area is 123 Å². The SMILES string of the molecule is O=C(NCc1ccc(Cl)cc1)C1CC1c1ccccc1. The van der Waals surface area contributed by atoms with Gasteiger partial charge in [-0.05, 0) is 35.6 Å². The molecule has 2 unspecified atom stereocenters. The van der Waals surface area contributed by atoms with E-state index in [0.717, 1.165) is 12.0 Å². The summed E-state index contributed by atoms with van der Waals surface area (Å²) >= 11 is 5.83. The van der Waals surface area contributed by atoms with Gasteiger partial charge in [0, 0.05) is 17.5 Å². The van der Waals surface area contributed by atoms with E-state index >= 15 is 0 Å². The maximum atomic E-state index is 12.1. The molecule has 0 radical (unpaired) electrons. The van der Waals surface area contributed by atoms with Crippen molar-refractivity contribution in [2.75, 3.05) is 0 Å². The maximum Gasteiger partial charge on any atom is 0.224 e. The van der Waals surface area contributed by atoms with Crippen molar-refractivity contribution in [3.05, 3.63) is 70.7 Å². The summed E-state index contributed by atoms with van der Waals surface area (Å²) in [6.07, 6.45) is 0.955. The molecule has 0 spiro atoms. The van der Waals surface area contributed by atoms with Gasteiger partial charge in [-0.1, -0.05) is 54.1 Å². The molecule has 0 heterocycles. The zero-order valence-corrected chi connectivity index (χ0v) is 11.8. The molecule has 3 rings (SSSR count). The van der Waals surface area contributed by atoms with Crippen molar-refractivity contribution in [3.8, 4) is 0 Å². The molecule has 2 aromatic rings. The number of nitrogens with one attached hydrogen (secondary N) is 1. The third-order valence-corrected chi connectivity index (χ3v) is 3.99. The van der Waals surface area contributed by atoms with Gasteiger partial charge in [0.2, 0.25) is 5.91 Å². The lowest BCUT2D eigenvalue weighted by Gasteiger charge is -2.05. The average Bonchev–Trinajstić information content (AvgIpc) is 3.28. The van der Waals surface area contributed by atoms with Crippen LogP contribution in [0.25, 0.3) is 0 Å². The van der Waals surface area contributed by atoms with Crippen LogP contribution in [0.1, 0.15) is 23.5 Å². The molecule has 1 aliphatic carbocycles. The third kappa shape index (κ3) is 3.02. The summed E-state index contributed by atoms with van der Waals surface area (Å²) in [5.74, 6) is 0.667. The summed E-state index contributed by atoms with van der Waals surface area (Å²) in [7, 11) is 0. The Bertz CT molecular complexity index is 594. The van der Waals surface area contributed by atoms with E-state index in [4.69, 9.17) is 11.6 Å². The van der Waals surface area contributed by atoms with Crippen molar-refractivity contribution in [1.82, 2.24) is 5.32 Å². The summed E-state index contributed by atoms with van der Waals surface area (Å²) in [5, 5.41) is 3.71. The van der Waals surface area contributed by atoms with E-state index in [1.165, 1.54) is 5.56 Å². The zero-order chi connectivity index (χ0) is 13.9. The molecule has 2 nitrogen and oxygen atoms in total. The molecule has 0 aliphatic heterocycles. The van der Waals surface area contributed by atoms with Crippen molar-refractivity contribution in [2.45, 2.75) is 18.9 Å².